The van der Waals surface area contributed by atoms with Crippen molar-refractivity contribution in [2.45, 2.75) is 31.2 Å². The highest BCUT2D eigenvalue weighted by Gasteiger charge is 2.42. The maximum atomic E-state index is 12.0. The number of nitrogens with one attached hydrogen (secondary N) is 1. The van der Waals surface area contributed by atoms with Crippen LogP contribution in [0.3, 0.4) is 0 Å². The Hall–Kier alpha value is -1.88. The number of rotatable bonds is 2. The monoisotopic (exact) mass is 274 g/mol. The van der Waals surface area contributed by atoms with Gasteiger partial charge in [-0.3, -0.25) is 4.79 Å². The molecule has 3 rings (SSSR count). The Balaban J connectivity index is 1.63. The molecular formula is C15H18N2O3. The molecule has 0 saturated carbocycles. The third-order valence-electron chi connectivity index (χ3n) is 4.00. The summed E-state index contributed by atoms with van der Waals surface area (Å²) in [6.07, 6.45) is 3.27. The lowest BCUT2D eigenvalue weighted by molar-refractivity contribution is -0.138. The molecule has 20 heavy (non-hydrogen) atoms. The summed E-state index contributed by atoms with van der Waals surface area (Å²) in [6.45, 7) is 1.30. The SMILES string of the molecule is O=C1CCC2(CCCN(OC(=O)c3ccccc3)C2)N1. The van der Waals surface area contributed by atoms with E-state index in [1.54, 1.807) is 17.2 Å². The standard InChI is InChI=1S/C15H18N2O3/c18-13-7-9-15(16-13)8-4-10-17(11-15)20-14(19)12-5-2-1-3-6-12/h1-3,5-6H,4,7-11H2,(H,16,18). The molecule has 1 amide bonds. The van der Waals surface area contributed by atoms with Crippen molar-refractivity contribution in [3.05, 3.63) is 35.9 Å². The van der Waals surface area contributed by atoms with Gasteiger partial charge in [-0.05, 0) is 31.4 Å². The molecule has 2 aliphatic heterocycles. The van der Waals surface area contributed by atoms with Gasteiger partial charge in [-0.1, -0.05) is 18.2 Å². The molecule has 2 heterocycles. The molecule has 2 fully saturated rings. The first-order valence-corrected chi connectivity index (χ1v) is 7.00. The van der Waals surface area contributed by atoms with Gasteiger partial charge < -0.3 is 10.2 Å². The van der Waals surface area contributed by atoms with Crippen LogP contribution in [-0.2, 0) is 9.63 Å². The van der Waals surface area contributed by atoms with E-state index in [0.717, 1.165) is 25.8 Å². The summed E-state index contributed by atoms with van der Waals surface area (Å²) in [6, 6.07) is 8.95. The van der Waals surface area contributed by atoms with Gasteiger partial charge in [0.25, 0.3) is 0 Å². The highest BCUT2D eigenvalue weighted by atomic mass is 16.7. The van der Waals surface area contributed by atoms with E-state index in [1.165, 1.54) is 0 Å². The van der Waals surface area contributed by atoms with E-state index < -0.39 is 0 Å². The summed E-state index contributed by atoms with van der Waals surface area (Å²) in [5.41, 5.74) is 0.342. The first kappa shape index (κ1) is 13.1. The number of amides is 1. The van der Waals surface area contributed by atoms with E-state index in [-0.39, 0.29) is 17.4 Å². The number of hydrogen-bond acceptors (Lipinski definition) is 4. The lowest BCUT2D eigenvalue weighted by Crippen LogP contribution is -2.54. The molecule has 0 aromatic heterocycles. The predicted molar refractivity (Wildman–Crippen MR) is 72.8 cm³/mol. The lowest BCUT2D eigenvalue weighted by Gasteiger charge is -2.38. The van der Waals surface area contributed by atoms with Crippen LogP contribution in [0, 0.1) is 0 Å². The van der Waals surface area contributed by atoms with Crippen LogP contribution in [0.25, 0.3) is 0 Å². The fraction of sp³-hybridized carbons (Fsp3) is 0.467. The number of nitrogens with zero attached hydrogens (tertiary/aromatic N) is 1. The fourth-order valence-corrected chi connectivity index (χ4v) is 2.99. The van der Waals surface area contributed by atoms with Crippen molar-refractivity contribution in [3.8, 4) is 0 Å². The van der Waals surface area contributed by atoms with Crippen LogP contribution in [-0.4, -0.2) is 35.6 Å². The third kappa shape index (κ3) is 2.67. The Morgan fingerprint density at radius 3 is 2.75 bits per heavy atom. The van der Waals surface area contributed by atoms with Crippen molar-refractivity contribution in [2.75, 3.05) is 13.1 Å². The van der Waals surface area contributed by atoms with Gasteiger partial charge in [-0.2, -0.15) is 0 Å². The van der Waals surface area contributed by atoms with E-state index in [9.17, 15) is 9.59 Å². The van der Waals surface area contributed by atoms with E-state index in [0.29, 0.717) is 18.5 Å². The summed E-state index contributed by atoms with van der Waals surface area (Å²) in [4.78, 5) is 28.9. The second-order valence-electron chi connectivity index (χ2n) is 5.54. The molecule has 0 aliphatic carbocycles. The average molecular weight is 274 g/mol. The van der Waals surface area contributed by atoms with Crippen molar-refractivity contribution in [2.24, 2.45) is 0 Å². The number of benzene rings is 1. The molecule has 1 spiro atoms. The summed E-state index contributed by atoms with van der Waals surface area (Å²) < 4.78 is 0. The van der Waals surface area contributed by atoms with Gasteiger partial charge in [-0.15, -0.1) is 5.06 Å². The van der Waals surface area contributed by atoms with Crippen LogP contribution < -0.4 is 5.32 Å². The molecule has 1 aromatic carbocycles. The topological polar surface area (TPSA) is 58.6 Å². The maximum absolute atomic E-state index is 12.0. The molecule has 5 nitrogen and oxygen atoms in total. The van der Waals surface area contributed by atoms with E-state index >= 15 is 0 Å². The molecule has 2 saturated heterocycles. The minimum atomic E-state index is -0.341. The second kappa shape index (κ2) is 5.25. The smallest absolute Gasteiger partial charge is 0.357 e. The Kier molecular flexibility index (Phi) is 3.44. The average Bonchev–Trinajstić information content (AvgIpc) is 2.80. The molecule has 1 N–H and O–H groups in total. The van der Waals surface area contributed by atoms with Crippen molar-refractivity contribution < 1.29 is 14.4 Å². The first-order valence-electron chi connectivity index (χ1n) is 7.00. The molecule has 2 aliphatic rings. The third-order valence-corrected chi connectivity index (χ3v) is 4.00. The zero-order valence-corrected chi connectivity index (χ0v) is 11.3. The molecule has 106 valence electrons. The Labute approximate surface area is 117 Å². The zero-order valence-electron chi connectivity index (χ0n) is 11.3. The van der Waals surface area contributed by atoms with Crippen LogP contribution in [0.15, 0.2) is 30.3 Å². The molecule has 1 aromatic rings. The fourth-order valence-electron chi connectivity index (χ4n) is 2.99. The largest absolute Gasteiger partial charge is 0.364 e. The van der Waals surface area contributed by atoms with Crippen molar-refractivity contribution in [3.63, 3.8) is 0 Å². The van der Waals surface area contributed by atoms with Crippen LogP contribution in [0.4, 0.5) is 0 Å². The number of carbonyl (C=O) groups is 2. The summed E-state index contributed by atoms with van der Waals surface area (Å²) in [5.74, 6) is -0.242. The minimum Gasteiger partial charge on any atom is -0.364 e. The molecule has 1 atom stereocenters. The van der Waals surface area contributed by atoms with Crippen molar-refractivity contribution in [1.82, 2.24) is 10.4 Å². The van der Waals surface area contributed by atoms with Gasteiger partial charge >= 0.3 is 5.97 Å². The van der Waals surface area contributed by atoms with Crippen LogP contribution in [0.5, 0.6) is 0 Å². The van der Waals surface area contributed by atoms with E-state index in [1.807, 2.05) is 18.2 Å². The zero-order chi connectivity index (χ0) is 14.0. The summed E-state index contributed by atoms with van der Waals surface area (Å²) in [5, 5.41) is 4.73. The Bertz CT molecular complexity index is 517. The number of piperidine rings is 1. The molecule has 0 radical (unpaired) electrons. The second-order valence-corrected chi connectivity index (χ2v) is 5.54. The minimum absolute atomic E-state index is 0.0984. The quantitative estimate of drug-likeness (QED) is 0.888. The van der Waals surface area contributed by atoms with Crippen LogP contribution >= 0.6 is 0 Å². The van der Waals surface area contributed by atoms with Crippen molar-refractivity contribution in [1.29, 1.82) is 0 Å². The number of hydroxylamine groups is 2. The summed E-state index contributed by atoms with van der Waals surface area (Å²) >= 11 is 0. The van der Waals surface area contributed by atoms with Gasteiger partial charge in [0, 0.05) is 13.0 Å². The van der Waals surface area contributed by atoms with Crippen molar-refractivity contribution >= 4 is 11.9 Å². The molecule has 5 heteroatoms. The molecular weight excluding hydrogens is 256 g/mol. The Morgan fingerprint density at radius 2 is 2.05 bits per heavy atom. The van der Waals surface area contributed by atoms with E-state index in [2.05, 4.69) is 5.32 Å². The van der Waals surface area contributed by atoms with Gasteiger partial charge in [0.1, 0.15) is 0 Å². The number of hydrogen-bond donors (Lipinski definition) is 1. The summed E-state index contributed by atoms with van der Waals surface area (Å²) in [7, 11) is 0. The molecule has 0 bridgehead atoms. The van der Waals surface area contributed by atoms with Crippen LogP contribution in [0.1, 0.15) is 36.0 Å². The lowest BCUT2D eigenvalue weighted by atomic mass is 9.89. The van der Waals surface area contributed by atoms with Gasteiger partial charge in [0.15, 0.2) is 0 Å². The van der Waals surface area contributed by atoms with Gasteiger partial charge in [0.05, 0.1) is 17.6 Å². The first-order chi connectivity index (χ1) is 9.67. The van der Waals surface area contributed by atoms with Crippen LogP contribution in [0.2, 0.25) is 0 Å². The normalized spacial score (nSPS) is 26.5. The highest BCUT2D eigenvalue weighted by molar-refractivity contribution is 5.89. The Morgan fingerprint density at radius 1 is 1.25 bits per heavy atom. The van der Waals surface area contributed by atoms with Gasteiger partial charge in [-0.25, -0.2) is 4.79 Å². The number of carbonyl (C=O) groups excluding carboxylic acids is 2. The molecule has 1 unspecified atom stereocenters. The predicted octanol–water partition coefficient (Wildman–Crippen LogP) is 1.50. The highest BCUT2D eigenvalue weighted by Crippen LogP contribution is 2.30. The van der Waals surface area contributed by atoms with E-state index in [4.69, 9.17) is 4.84 Å². The van der Waals surface area contributed by atoms with Gasteiger partial charge in [0.2, 0.25) is 5.91 Å². The maximum Gasteiger partial charge on any atom is 0.357 e.